The summed E-state index contributed by atoms with van der Waals surface area (Å²) in [6.07, 6.45) is 2.25. The second kappa shape index (κ2) is 6.57. The molecule has 1 fully saturated rings. The molecule has 0 aliphatic carbocycles. The summed E-state index contributed by atoms with van der Waals surface area (Å²) in [7, 11) is 0. The van der Waals surface area contributed by atoms with Crippen molar-refractivity contribution in [2.75, 3.05) is 13.1 Å². The van der Waals surface area contributed by atoms with Gasteiger partial charge < -0.3 is 5.73 Å². The molecule has 1 aromatic rings. The normalized spacial score (nSPS) is 24.9. The third-order valence-corrected chi connectivity index (χ3v) is 4.48. The van der Waals surface area contributed by atoms with E-state index in [0.29, 0.717) is 5.92 Å². The van der Waals surface area contributed by atoms with Crippen LogP contribution in [0.4, 0.5) is 0 Å². The monoisotopic (exact) mass is 344 g/mol. The van der Waals surface area contributed by atoms with Crippen LogP contribution in [-0.2, 0) is 0 Å². The first-order valence-corrected chi connectivity index (χ1v) is 8.10. The van der Waals surface area contributed by atoms with Gasteiger partial charge in [0.15, 0.2) is 0 Å². The molecule has 0 bridgehead atoms. The number of hydrogen-bond acceptors (Lipinski definition) is 2. The Morgan fingerprint density at radius 2 is 2.21 bits per heavy atom. The molecular formula is C15H22BrClN2. The Bertz CT molecular complexity index is 436. The van der Waals surface area contributed by atoms with Gasteiger partial charge in [0, 0.05) is 22.1 Å². The van der Waals surface area contributed by atoms with Crippen LogP contribution in [0.25, 0.3) is 0 Å². The molecule has 2 N–H and O–H groups in total. The number of nitrogens with zero attached hydrogens (tertiary/aromatic N) is 1. The SMILES string of the molecule is CC(C)CN1CCCC(N)C1c1ccc(Br)cc1Cl. The lowest BCUT2D eigenvalue weighted by atomic mass is 9.90. The maximum atomic E-state index is 6.42. The molecule has 2 rings (SSSR count). The molecule has 1 saturated heterocycles. The van der Waals surface area contributed by atoms with Crippen molar-refractivity contribution in [3.63, 3.8) is 0 Å². The van der Waals surface area contributed by atoms with Crippen LogP contribution >= 0.6 is 27.5 Å². The summed E-state index contributed by atoms with van der Waals surface area (Å²) >= 11 is 9.88. The standard InChI is InChI=1S/C15H22BrClN2/c1-10(2)9-19-7-3-4-14(18)15(19)12-6-5-11(16)8-13(12)17/h5-6,8,10,14-15H,3-4,7,9,18H2,1-2H3. The summed E-state index contributed by atoms with van der Waals surface area (Å²) in [5.41, 5.74) is 7.54. The van der Waals surface area contributed by atoms with Gasteiger partial charge in [-0.3, -0.25) is 4.90 Å². The Hall–Kier alpha value is -0.0900. The highest BCUT2D eigenvalue weighted by atomic mass is 79.9. The van der Waals surface area contributed by atoms with Crippen LogP contribution in [0, 0.1) is 5.92 Å². The molecule has 19 heavy (non-hydrogen) atoms. The highest BCUT2D eigenvalue weighted by Crippen LogP contribution is 2.35. The first kappa shape index (κ1) is 15.3. The second-order valence-electron chi connectivity index (χ2n) is 5.81. The molecule has 1 heterocycles. The van der Waals surface area contributed by atoms with Gasteiger partial charge in [0.25, 0.3) is 0 Å². The largest absolute Gasteiger partial charge is 0.326 e. The maximum absolute atomic E-state index is 6.42. The van der Waals surface area contributed by atoms with Crippen molar-refractivity contribution < 1.29 is 0 Å². The summed E-state index contributed by atoms with van der Waals surface area (Å²) in [5.74, 6) is 0.641. The van der Waals surface area contributed by atoms with Crippen LogP contribution in [0.3, 0.4) is 0 Å². The van der Waals surface area contributed by atoms with E-state index in [0.717, 1.165) is 34.6 Å². The van der Waals surface area contributed by atoms with Crippen LogP contribution < -0.4 is 5.73 Å². The average Bonchev–Trinajstić information content (AvgIpc) is 2.30. The minimum absolute atomic E-state index is 0.172. The Kier molecular flexibility index (Phi) is 5.29. The molecule has 2 atom stereocenters. The van der Waals surface area contributed by atoms with Gasteiger partial charge in [-0.05, 0) is 43.0 Å². The zero-order valence-electron chi connectivity index (χ0n) is 11.6. The molecule has 106 valence electrons. The molecular weight excluding hydrogens is 324 g/mol. The van der Waals surface area contributed by atoms with E-state index >= 15 is 0 Å². The van der Waals surface area contributed by atoms with E-state index in [1.165, 1.54) is 6.42 Å². The highest BCUT2D eigenvalue weighted by Gasteiger charge is 2.31. The minimum atomic E-state index is 0.172. The Labute approximate surface area is 129 Å². The fourth-order valence-electron chi connectivity index (χ4n) is 2.94. The van der Waals surface area contributed by atoms with E-state index in [1.807, 2.05) is 6.07 Å². The van der Waals surface area contributed by atoms with Crippen LogP contribution in [0.5, 0.6) is 0 Å². The number of halogens is 2. The van der Waals surface area contributed by atoms with Gasteiger partial charge in [-0.15, -0.1) is 0 Å². The number of piperidine rings is 1. The van der Waals surface area contributed by atoms with Crippen molar-refractivity contribution >= 4 is 27.5 Å². The van der Waals surface area contributed by atoms with E-state index in [9.17, 15) is 0 Å². The van der Waals surface area contributed by atoms with Gasteiger partial charge >= 0.3 is 0 Å². The summed E-state index contributed by atoms with van der Waals surface area (Å²) < 4.78 is 1.01. The third-order valence-electron chi connectivity index (χ3n) is 3.66. The van der Waals surface area contributed by atoms with E-state index in [-0.39, 0.29) is 12.1 Å². The molecule has 2 unspecified atom stereocenters. The van der Waals surface area contributed by atoms with Crippen LogP contribution in [0.15, 0.2) is 22.7 Å². The van der Waals surface area contributed by atoms with Gasteiger partial charge in [0.2, 0.25) is 0 Å². The van der Waals surface area contributed by atoms with Gasteiger partial charge in [-0.25, -0.2) is 0 Å². The van der Waals surface area contributed by atoms with E-state index in [1.54, 1.807) is 0 Å². The fourth-order valence-corrected chi connectivity index (χ4v) is 3.73. The molecule has 0 amide bonds. The molecule has 0 radical (unpaired) electrons. The lowest BCUT2D eigenvalue weighted by Gasteiger charge is -2.41. The molecule has 0 aromatic heterocycles. The maximum Gasteiger partial charge on any atom is 0.0514 e. The average molecular weight is 346 g/mol. The number of hydrogen-bond donors (Lipinski definition) is 1. The second-order valence-corrected chi connectivity index (χ2v) is 7.13. The first-order valence-electron chi connectivity index (χ1n) is 6.93. The van der Waals surface area contributed by atoms with E-state index in [4.69, 9.17) is 17.3 Å². The molecule has 4 heteroatoms. The lowest BCUT2D eigenvalue weighted by molar-refractivity contribution is 0.114. The van der Waals surface area contributed by atoms with Gasteiger partial charge in [-0.2, -0.15) is 0 Å². The van der Waals surface area contributed by atoms with Crippen LogP contribution in [-0.4, -0.2) is 24.0 Å². The van der Waals surface area contributed by atoms with Crippen molar-refractivity contribution in [1.82, 2.24) is 4.90 Å². The quantitative estimate of drug-likeness (QED) is 0.888. The van der Waals surface area contributed by atoms with Gasteiger partial charge in [-0.1, -0.05) is 47.4 Å². The Balaban J connectivity index is 2.30. The molecule has 0 spiro atoms. The topological polar surface area (TPSA) is 29.3 Å². The Morgan fingerprint density at radius 1 is 1.47 bits per heavy atom. The lowest BCUT2D eigenvalue weighted by Crippen LogP contribution is -2.47. The third kappa shape index (κ3) is 3.72. The number of nitrogens with two attached hydrogens (primary N) is 1. The summed E-state index contributed by atoms with van der Waals surface area (Å²) in [5, 5.41) is 0.811. The van der Waals surface area contributed by atoms with Gasteiger partial charge in [0.05, 0.1) is 6.04 Å². The summed E-state index contributed by atoms with van der Waals surface area (Å²) in [6.45, 7) is 6.69. The molecule has 0 saturated carbocycles. The highest BCUT2D eigenvalue weighted by molar-refractivity contribution is 9.10. The summed E-state index contributed by atoms with van der Waals surface area (Å²) in [6, 6.07) is 6.54. The summed E-state index contributed by atoms with van der Waals surface area (Å²) in [4.78, 5) is 2.49. The molecule has 1 aliphatic heterocycles. The zero-order valence-corrected chi connectivity index (χ0v) is 13.9. The molecule has 1 aromatic carbocycles. The minimum Gasteiger partial charge on any atom is -0.326 e. The van der Waals surface area contributed by atoms with Crippen LogP contribution in [0.1, 0.15) is 38.3 Å². The van der Waals surface area contributed by atoms with E-state index < -0.39 is 0 Å². The van der Waals surface area contributed by atoms with Crippen molar-refractivity contribution in [3.8, 4) is 0 Å². The molecule has 2 nitrogen and oxygen atoms in total. The van der Waals surface area contributed by atoms with Crippen molar-refractivity contribution in [2.24, 2.45) is 11.7 Å². The van der Waals surface area contributed by atoms with Crippen molar-refractivity contribution in [2.45, 2.75) is 38.8 Å². The number of likely N-dealkylation sites (tertiary alicyclic amines) is 1. The van der Waals surface area contributed by atoms with E-state index in [2.05, 4.69) is 46.8 Å². The predicted octanol–water partition coefficient (Wildman–Crippen LogP) is 4.22. The van der Waals surface area contributed by atoms with Crippen molar-refractivity contribution in [3.05, 3.63) is 33.3 Å². The number of benzene rings is 1. The smallest absolute Gasteiger partial charge is 0.0514 e. The Morgan fingerprint density at radius 3 is 2.84 bits per heavy atom. The zero-order chi connectivity index (χ0) is 14.0. The van der Waals surface area contributed by atoms with Crippen molar-refractivity contribution in [1.29, 1.82) is 0 Å². The number of rotatable bonds is 3. The molecule has 1 aliphatic rings. The fraction of sp³-hybridized carbons (Fsp3) is 0.600. The predicted molar refractivity (Wildman–Crippen MR) is 85.5 cm³/mol. The van der Waals surface area contributed by atoms with Crippen LogP contribution in [0.2, 0.25) is 5.02 Å². The first-order chi connectivity index (χ1) is 8.99. The van der Waals surface area contributed by atoms with Gasteiger partial charge in [0.1, 0.15) is 0 Å².